The number of hydrogen-bond acceptors (Lipinski definition) is 12. The number of carbonyl (C=O) groups excluding carboxylic acids is 5. The van der Waals surface area contributed by atoms with E-state index < -0.39 is 88.5 Å². The SMILES string of the molecule is CC(=O)O[C@@H]1[C@@H](OC(=O)c2ccccc2)[C@]2(C)[C@@H](OC(=O)c3ccccc3)[C@@H](OC(C)=O)[C@H](OC(C)=O)[C@](C)(O)[C@@]23C[C@@H]1C(C)(C)O3. The first-order valence-electron chi connectivity index (χ1n) is 15.4. The average molecular weight is 653 g/mol. The van der Waals surface area contributed by atoms with Crippen molar-refractivity contribution in [3.8, 4) is 0 Å². The predicted octanol–water partition coefficient (Wildman–Crippen LogP) is 3.57. The highest BCUT2D eigenvalue weighted by atomic mass is 16.6. The van der Waals surface area contributed by atoms with Gasteiger partial charge >= 0.3 is 29.8 Å². The summed E-state index contributed by atoms with van der Waals surface area (Å²) < 4.78 is 36.7. The lowest BCUT2D eigenvalue weighted by Gasteiger charge is -2.66. The molecular formula is C35H40O12. The number of aliphatic hydroxyl groups is 1. The highest BCUT2D eigenvalue weighted by Crippen LogP contribution is 2.69. The van der Waals surface area contributed by atoms with Crippen LogP contribution in [0.15, 0.2) is 60.7 Å². The molecule has 2 bridgehead atoms. The molecule has 0 aromatic heterocycles. The van der Waals surface area contributed by atoms with Crippen molar-refractivity contribution in [1.29, 1.82) is 0 Å². The Balaban J connectivity index is 1.80. The van der Waals surface area contributed by atoms with Gasteiger partial charge in [0.2, 0.25) is 0 Å². The maximum atomic E-state index is 13.8. The van der Waals surface area contributed by atoms with Gasteiger partial charge < -0.3 is 33.5 Å². The number of carbonyl (C=O) groups is 5. The molecule has 1 saturated heterocycles. The zero-order valence-electron chi connectivity index (χ0n) is 27.4. The van der Waals surface area contributed by atoms with E-state index in [0.29, 0.717) is 0 Å². The van der Waals surface area contributed by atoms with Crippen LogP contribution in [0.4, 0.5) is 0 Å². The summed E-state index contributed by atoms with van der Waals surface area (Å²) in [7, 11) is 0. The molecule has 0 amide bonds. The lowest BCUT2D eigenvalue weighted by Crippen LogP contribution is -2.84. The predicted molar refractivity (Wildman–Crippen MR) is 163 cm³/mol. The second-order valence-electron chi connectivity index (χ2n) is 13.3. The Labute approximate surface area is 272 Å². The van der Waals surface area contributed by atoms with E-state index in [9.17, 15) is 29.1 Å². The van der Waals surface area contributed by atoms with Gasteiger partial charge in [-0.15, -0.1) is 0 Å². The van der Waals surface area contributed by atoms with E-state index in [4.69, 9.17) is 28.4 Å². The van der Waals surface area contributed by atoms with E-state index in [1.165, 1.54) is 26.0 Å². The third-order valence-electron chi connectivity index (χ3n) is 9.94. The van der Waals surface area contributed by atoms with Gasteiger partial charge in [0.15, 0.2) is 24.4 Å². The fraction of sp³-hybridized carbons (Fsp3) is 0.514. The summed E-state index contributed by atoms with van der Waals surface area (Å²) >= 11 is 0. The maximum absolute atomic E-state index is 13.8. The molecular weight excluding hydrogens is 612 g/mol. The van der Waals surface area contributed by atoms with Gasteiger partial charge in [-0.2, -0.15) is 0 Å². The molecule has 1 heterocycles. The van der Waals surface area contributed by atoms with Gasteiger partial charge in [0.05, 0.1) is 22.1 Å². The molecule has 1 spiro atoms. The first-order valence-corrected chi connectivity index (χ1v) is 15.4. The maximum Gasteiger partial charge on any atom is 0.338 e. The van der Waals surface area contributed by atoms with Crippen molar-refractivity contribution in [2.75, 3.05) is 0 Å². The quantitative estimate of drug-likeness (QED) is 0.343. The number of benzene rings is 2. The van der Waals surface area contributed by atoms with Crippen LogP contribution >= 0.6 is 0 Å². The highest BCUT2D eigenvalue weighted by molar-refractivity contribution is 5.90. The lowest BCUT2D eigenvalue weighted by molar-refractivity contribution is -0.356. The minimum absolute atomic E-state index is 0.00915. The summed E-state index contributed by atoms with van der Waals surface area (Å²) in [4.78, 5) is 65.5. The van der Waals surface area contributed by atoms with Crippen LogP contribution in [0.5, 0.6) is 0 Å². The Morgan fingerprint density at radius 3 is 1.51 bits per heavy atom. The molecule has 3 fully saturated rings. The van der Waals surface area contributed by atoms with Crippen molar-refractivity contribution in [3.05, 3.63) is 71.8 Å². The number of esters is 5. The van der Waals surface area contributed by atoms with Crippen LogP contribution in [0.1, 0.15) is 75.6 Å². The molecule has 1 aliphatic heterocycles. The molecule has 12 heteroatoms. The highest BCUT2D eigenvalue weighted by Gasteiger charge is 2.85. The molecule has 12 nitrogen and oxygen atoms in total. The summed E-state index contributed by atoms with van der Waals surface area (Å²) in [6, 6.07) is 16.1. The van der Waals surface area contributed by atoms with Crippen molar-refractivity contribution in [2.45, 2.75) is 102 Å². The number of fused-ring (bicyclic) bond motifs is 1. The summed E-state index contributed by atoms with van der Waals surface area (Å²) in [6.07, 6.45) is -7.47. The van der Waals surface area contributed by atoms with Gasteiger partial charge in [-0.25, -0.2) is 9.59 Å². The fourth-order valence-electron chi connectivity index (χ4n) is 7.95. The van der Waals surface area contributed by atoms with Crippen molar-refractivity contribution in [2.24, 2.45) is 11.3 Å². The second kappa shape index (κ2) is 12.1. The Morgan fingerprint density at radius 2 is 1.06 bits per heavy atom. The molecule has 47 heavy (non-hydrogen) atoms. The molecule has 3 aliphatic rings. The van der Waals surface area contributed by atoms with Crippen LogP contribution in [-0.4, -0.2) is 82.3 Å². The molecule has 0 radical (unpaired) electrons. The van der Waals surface area contributed by atoms with E-state index >= 15 is 0 Å². The van der Waals surface area contributed by atoms with Crippen LogP contribution in [0.2, 0.25) is 0 Å². The topological polar surface area (TPSA) is 161 Å². The van der Waals surface area contributed by atoms with Crippen molar-refractivity contribution >= 4 is 29.8 Å². The molecule has 2 aromatic rings. The molecule has 2 aromatic carbocycles. The Hall–Kier alpha value is -4.29. The summed E-state index contributed by atoms with van der Waals surface area (Å²) in [6.45, 7) is 9.89. The van der Waals surface area contributed by atoms with Crippen molar-refractivity contribution < 1.29 is 57.5 Å². The zero-order valence-corrected chi connectivity index (χ0v) is 27.4. The Morgan fingerprint density at radius 1 is 0.638 bits per heavy atom. The van der Waals surface area contributed by atoms with Crippen molar-refractivity contribution in [3.63, 3.8) is 0 Å². The molecule has 252 valence electrons. The fourth-order valence-corrected chi connectivity index (χ4v) is 7.95. The molecule has 5 rings (SSSR count). The minimum Gasteiger partial charge on any atom is -0.458 e. The second-order valence-corrected chi connectivity index (χ2v) is 13.3. The van der Waals surface area contributed by atoms with Crippen LogP contribution in [0.3, 0.4) is 0 Å². The van der Waals surface area contributed by atoms with Gasteiger partial charge in [0.25, 0.3) is 0 Å². The first kappa shape index (κ1) is 34.1. The van der Waals surface area contributed by atoms with E-state index in [2.05, 4.69) is 0 Å². The monoisotopic (exact) mass is 652 g/mol. The summed E-state index contributed by atoms with van der Waals surface area (Å²) in [5, 5.41) is 12.7. The van der Waals surface area contributed by atoms with Gasteiger partial charge in [-0.05, 0) is 58.4 Å². The van der Waals surface area contributed by atoms with E-state index in [0.717, 1.165) is 13.8 Å². The average Bonchev–Trinajstić information content (AvgIpc) is 3.28. The first-order chi connectivity index (χ1) is 22.0. The minimum atomic E-state index is -2.16. The number of hydrogen-bond donors (Lipinski definition) is 1. The van der Waals surface area contributed by atoms with Gasteiger partial charge in [0, 0.05) is 26.7 Å². The third-order valence-corrected chi connectivity index (χ3v) is 9.94. The Kier molecular flexibility index (Phi) is 8.74. The summed E-state index contributed by atoms with van der Waals surface area (Å²) in [5.41, 5.74) is -6.59. The lowest BCUT2D eigenvalue weighted by atomic mass is 9.46. The Bertz CT molecular complexity index is 1550. The number of rotatable bonds is 7. The van der Waals surface area contributed by atoms with E-state index in [1.54, 1.807) is 69.3 Å². The van der Waals surface area contributed by atoms with Crippen LogP contribution in [0, 0.1) is 11.3 Å². The third kappa shape index (κ3) is 5.57. The van der Waals surface area contributed by atoms with E-state index in [1.807, 2.05) is 0 Å². The van der Waals surface area contributed by atoms with Crippen LogP contribution in [0.25, 0.3) is 0 Å². The molecule has 9 atom stereocenters. The molecule has 2 saturated carbocycles. The molecule has 1 N–H and O–H groups in total. The summed E-state index contributed by atoms with van der Waals surface area (Å²) in [5.74, 6) is -4.63. The standard InChI is InChI=1S/C35H40O12/c1-19(36)42-25-24-18-35(47-32(24,4)5)33(6,27(25)45-30(39)22-14-10-8-11-15-22)28(46-31(40)23-16-12-9-13-17-23)26(43-20(2)37)29(34(35,7)41)44-21(3)38/h8-17,24-29,41H,18H2,1-7H3/t24-,25-,26+,27+,28-,29-,33+,34-,35+/m0/s1. The molecule has 2 aliphatic carbocycles. The number of ether oxygens (including phenoxy) is 6. The zero-order chi connectivity index (χ0) is 34.5. The van der Waals surface area contributed by atoms with Gasteiger partial charge in [-0.3, -0.25) is 14.4 Å². The smallest absolute Gasteiger partial charge is 0.338 e. The van der Waals surface area contributed by atoms with Gasteiger partial charge in [-0.1, -0.05) is 36.4 Å². The van der Waals surface area contributed by atoms with Crippen molar-refractivity contribution in [1.82, 2.24) is 0 Å². The van der Waals surface area contributed by atoms with Crippen LogP contribution in [-0.2, 0) is 42.8 Å². The van der Waals surface area contributed by atoms with Gasteiger partial charge in [0.1, 0.15) is 17.3 Å². The largest absolute Gasteiger partial charge is 0.458 e. The molecule has 0 unspecified atom stereocenters. The normalized spacial score (nSPS) is 35.1. The van der Waals surface area contributed by atoms with E-state index in [-0.39, 0.29) is 17.5 Å². The van der Waals surface area contributed by atoms with Crippen LogP contribution < -0.4 is 0 Å².